The summed E-state index contributed by atoms with van der Waals surface area (Å²) < 4.78 is 25.4. The van der Waals surface area contributed by atoms with E-state index in [2.05, 4.69) is 10.4 Å². The van der Waals surface area contributed by atoms with Crippen molar-refractivity contribution in [3.63, 3.8) is 0 Å². The lowest BCUT2D eigenvalue weighted by Crippen LogP contribution is -2.18. The Bertz CT molecular complexity index is 944. The first-order valence-corrected chi connectivity index (χ1v) is 9.49. The first-order valence-electron chi connectivity index (χ1n) is 8.50. The third-order valence-electron chi connectivity index (χ3n) is 3.97. The summed E-state index contributed by atoms with van der Waals surface area (Å²) in [5.74, 6) is 1.58. The highest BCUT2D eigenvalue weighted by atomic mass is 32.2. The molecule has 0 aliphatic rings. The van der Waals surface area contributed by atoms with E-state index in [0.29, 0.717) is 23.9 Å². The molecule has 3 aromatic rings. The van der Waals surface area contributed by atoms with Gasteiger partial charge in [-0.15, -0.1) is 11.8 Å². The van der Waals surface area contributed by atoms with Gasteiger partial charge in [-0.25, -0.2) is 9.07 Å². The van der Waals surface area contributed by atoms with Gasteiger partial charge in [-0.05, 0) is 30.3 Å². The molecule has 146 valence electrons. The summed E-state index contributed by atoms with van der Waals surface area (Å²) in [7, 11) is 3.17. The van der Waals surface area contributed by atoms with Crippen LogP contribution in [0.5, 0.6) is 11.5 Å². The minimum Gasteiger partial charge on any atom is -0.493 e. The van der Waals surface area contributed by atoms with E-state index >= 15 is 0 Å². The molecule has 1 heterocycles. The number of aromatic nitrogens is 2. The number of amides is 1. The molecule has 8 heteroatoms. The van der Waals surface area contributed by atoms with Crippen molar-refractivity contribution in [3.05, 3.63) is 66.1 Å². The van der Waals surface area contributed by atoms with Gasteiger partial charge in [-0.2, -0.15) is 5.10 Å². The quantitative estimate of drug-likeness (QED) is 0.582. The minimum atomic E-state index is -0.300. The fourth-order valence-electron chi connectivity index (χ4n) is 2.66. The lowest BCUT2D eigenvalue weighted by atomic mass is 10.2. The molecule has 1 amide bonds. The molecular formula is C20H20FN3O3S. The standard InChI is InChI=1S/C20H20FN3O3S/c1-26-17-5-3-4-14(20(17)27-2)12-24-18(10-11-22-24)23-19(25)13-28-16-8-6-15(21)7-9-16/h3-11H,12-13H2,1-2H3,(H,23,25). The van der Waals surface area contributed by atoms with E-state index in [0.717, 1.165) is 10.5 Å². The number of benzene rings is 2. The number of carbonyl (C=O) groups excluding carboxylic acids is 1. The number of methoxy groups -OCH3 is 2. The number of carbonyl (C=O) groups is 1. The first-order chi connectivity index (χ1) is 13.6. The number of nitrogens with zero attached hydrogens (tertiary/aromatic N) is 2. The molecule has 0 spiro atoms. The van der Waals surface area contributed by atoms with Crippen molar-refractivity contribution in [3.8, 4) is 11.5 Å². The molecule has 1 aromatic heterocycles. The normalized spacial score (nSPS) is 10.5. The Labute approximate surface area is 166 Å². The monoisotopic (exact) mass is 401 g/mol. The number of thioether (sulfide) groups is 1. The molecule has 28 heavy (non-hydrogen) atoms. The average molecular weight is 401 g/mol. The van der Waals surface area contributed by atoms with Crippen LogP contribution >= 0.6 is 11.8 Å². The summed E-state index contributed by atoms with van der Waals surface area (Å²) in [6.45, 7) is 0.411. The number of halogens is 1. The molecule has 1 N–H and O–H groups in total. The maximum atomic E-state index is 12.9. The lowest BCUT2D eigenvalue weighted by Gasteiger charge is -2.14. The van der Waals surface area contributed by atoms with E-state index in [4.69, 9.17) is 9.47 Å². The van der Waals surface area contributed by atoms with Crippen LogP contribution in [0.4, 0.5) is 10.2 Å². The topological polar surface area (TPSA) is 65.4 Å². The van der Waals surface area contributed by atoms with Gasteiger partial charge in [-0.3, -0.25) is 4.79 Å². The zero-order valence-corrected chi connectivity index (χ0v) is 16.3. The number of ether oxygens (including phenoxy) is 2. The van der Waals surface area contributed by atoms with Crippen LogP contribution < -0.4 is 14.8 Å². The van der Waals surface area contributed by atoms with Crippen molar-refractivity contribution >= 4 is 23.5 Å². The molecule has 0 saturated heterocycles. The summed E-state index contributed by atoms with van der Waals surface area (Å²) in [6, 6.07) is 13.4. The average Bonchev–Trinajstić information content (AvgIpc) is 3.13. The van der Waals surface area contributed by atoms with E-state index in [1.165, 1.54) is 23.9 Å². The van der Waals surface area contributed by atoms with Crippen LogP contribution in [-0.4, -0.2) is 35.7 Å². The fraction of sp³-hybridized carbons (Fsp3) is 0.200. The van der Waals surface area contributed by atoms with Gasteiger partial charge in [-0.1, -0.05) is 12.1 Å². The minimum absolute atomic E-state index is 0.173. The number of anilines is 1. The van der Waals surface area contributed by atoms with Crippen LogP contribution in [0.1, 0.15) is 5.56 Å². The van der Waals surface area contributed by atoms with Crippen molar-refractivity contribution in [2.75, 3.05) is 25.3 Å². The Morgan fingerprint density at radius 3 is 2.64 bits per heavy atom. The third kappa shape index (κ3) is 4.83. The molecule has 0 fully saturated rings. The van der Waals surface area contributed by atoms with Gasteiger partial charge in [0.05, 0.1) is 32.7 Å². The number of nitrogens with one attached hydrogen (secondary N) is 1. The maximum absolute atomic E-state index is 12.9. The number of hydrogen-bond donors (Lipinski definition) is 1. The van der Waals surface area contributed by atoms with E-state index in [-0.39, 0.29) is 17.5 Å². The number of hydrogen-bond acceptors (Lipinski definition) is 5. The second-order valence-corrected chi connectivity index (χ2v) is 6.87. The van der Waals surface area contributed by atoms with Gasteiger partial charge in [0.25, 0.3) is 0 Å². The SMILES string of the molecule is COc1cccc(Cn2nccc2NC(=O)CSc2ccc(F)cc2)c1OC. The maximum Gasteiger partial charge on any atom is 0.235 e. The van der Waals surface area contributed by atoms with Crippen LogP contribution in [0.3, 0.4) is 0 Å². The van der Waals surface area contributed by atoms with Crippen LogP contribution in [0.2, 0.25) is 0 Å². The molecule has 0 unspecified atom stereocenters. The zero-order chi connectivity index (χ0) is 19.9. The van der Waals surface area contributed by atoms with Crippen molar-refractivity contribution in [2.45, 2.75) is 11.4 Å². The van der Waals surface area contributed by atoms with E-state index in [1.54, 1.807) is 43.3 Å². The van der Waals surface area contributed by atoms with Crippen molar-refractivity contribution in [1.82, 2.24) is 9.78 Å². The molecule has 0 saturated carbocycles. The second kappa shape index (κ2) is 9.27. The highest BCUT2D eigenvalue weighted by Gasteiger charge is 2.13. The molecule has 0 bridgehead atoms. The van der Waals surface area contributed by atoms with Crippen LogP contribution in [0.15, 0.2) is 59.6 Å². The Kier molecular flexibility index (Phi) is 6.54. The predicted octanol–water partition coefficient (Wildman–Crippen LogP) is 3.82. The van der Waals surface area contributed by atoms with Crippen LogP contribution in [0.25, 0.3) is 0 Å². The molecule has 6 nitrogen and oxygen atoms in total. The van der Waals surface area contributed by atoms with E-state index in [9.17, 15) is 9.18 Å². The second-order valence-electron chi connectivity index (χ2n) is 5.82. The smallest absolute Gasteiger partial charge is 0.235 e. The molecule has 0 radical (unpaired) electrons. The molecule has 0 aliphatic heterocycles. The van der Waals surface area contributed by atoms with Crippen molar-refractivity contribution in [1.29, 1.82) is 0 Å². The molecule has 3 rings (SSSR count). The Morgan fingerprint density at radius 2 is 1.93 bits per heavy atom. The highest BCUT2D eigenvalue weighted by Crippen LogP contribution is 2.31. The third-order valence-corrected chi connectivity index (χ3v) is 4.98. The molecular weight excluding hydrogens is 381 g/mol. The highest BCUT2D eigenvalue weighted by molar-refractivity contribution is 8.00. The van der Waals surface area contributed by atoms with Crippen LogP contribution in [-0.2, 0) is 11.3 Å². The van der Waals surface area contributed by atoms with Gasteiger partial charge in [0.15, 0.2) is 11.5 Å². The molecule has 0 atom stereocenters. The van der Waals surface area contributed by atoms with E-state index < -0.39 is 0 Å². The van der Waals surface area contributed by atoms with Gasteiger partial charge < -0.3 is 14.8 Å². The Morgan fingerprint density at radius 1 is 1.14 bits per heavy atom. The van der Waals surface area contributed by atoms with Crippen LogP contribution in [0, 0.1) is 5.82 Å². The number of rotatable bonds is 8. The lowest BCUT2D eigenvalue weighted by molar-refractivity contribution is -0.113. The largest absolute Gasteiger partial charge is 0.493 e. The van der Waals surface area contributed by atoms with Crippen molar-refractivity contribution < 1.29 is 18.7 Å². The Balaban J connectivity index is 1.65. The van der Waals surface area contributed by atoms with Gasteiger partial charge in [0.2, 0.25) is 5.91 Å². The van der Waals surface area contributed by atoms with Gasteiger partial charge in [0.1, 0.15) is 11.6 Å². The summed E-state index contributed by atoms with van der Waals surface area (Å²) in [6.07, 6.45) is 1.62. The van der Waals surface area contributed by atoms with Gasteiger partial charge >= 0.3 is 0 Å². The summed E-state index contributed by atoms with van der Waals surface area (Å²) >= 11 is 1.34. The summed E-state index contributed by atoms with van der Waals surface area (Å²) in [4.78, 5) is 13.1. The Hall–Kier alpha value is -3.00. The van der Waals surface area contributed by atoms with E-state index in [1.807, 2.05) is 18.2 Å². The zero-order valence-electron chi connectivity index (χ0n) is 15.5. The molecule has 0 aliphatic carbocycles. The van der Waals surface area contributed by atoms with Crippen molar-refractivity contribution in [2.24, 2.45) is 0 Å². The van der Waals surface area contributed by atoms with Gasteiger partial charge in [0, 0.05) is 16.5 Å². The summed E-state index contributed by atoms with van der Waals surface area (Å²) in [5.41, 5.74) is 0.877. The fourth-order valence-corrected chi connectivity index (χ4v) is 3.36. The molecule has 2 aromatic carbocycles. The number of para-hydroxylation sites is 1. The summed E-state index contributed by atoms with van der Waals surface area (Å²) in [5, 5.41) is 7.13. The first kappa shape index (κ1) is 19.8. The predicted molar refractivity (Wildman–Crippen MR) is 107 cm³/mol.